The number of rotatable bonds is 5. The standard InChI is InChI=1S/C14H15BrFNO3/c15-7-9-5-13(18)17(8-9)12(6-14(19)20)10-3-1-2-4-11(10)16/h1-4,9,12H,5-8H2,(H,19,20). The molecule has 1 saturated heterocycles. The van der Waals surface area contributed by atoms with Gasteiger partial charge in [-0.05, 0) is 12.0 Å². The minimum atomic E-state index is -1.05. The van der Waals surface area contributed by atoms with Crippen LogP contribution in [0, 0.1) is 11.7 Å². The normalized spacial score (nSPS) is 20.2. The van der Waals surface area contributed by atoms with Crippen molar-refractivity contribution in [2.24, 2.45) is 5.92 Å². The molecule has 1 amide bonds. The van der Waals surface area contributed by atoms with Gasteiger partial charge in [-0.2, -0.15) is 0 Å². The van der Waals surface area contributed by atoms with E-state index in [0.29, 0.717) is 18.3 Å². The van der Waals surface area contributed by atoms with Crippen LogP contribution in [0.25, 0.3) is 0 Å². The first-order chi connectivity index (χ1) is 9.52. The van der Waals surface area contributed by atoms with Crippen molar-refractivity contribution in [3.05, 3.63) is 35.6 Å². The molecule has 1 heterocycles. The Kier molecular flexibility index (Phi) is 4.75. The van der Waals surface area contributed by atoms with Crippen molar-refractivity contribution in [2.45, 2.75) is 18.9 Å². The molecule has 2 unspecified atom stereocenters. The Hall–Kier alpha value is -1.43. The molecule has 0 aliphatic carbocycles. The number of carboxylic acid groups (broad SMARTS) is 1. The van der Waals surface area contributed by atoms with E-state index in [1.807, 2.05) is 0 Å². The molecule has 2 rings (SSSR count). The average Bonchev–Trinajstić information content (AvgIpc) is 2.78. The van der Waals surface area contributed by atoms with Gasteiger partial charge in [0.1, 0.15) is 5.82 Å². The summed E-state index contributed by atoms with van der Waals surface area (Å²) < 4.78 is 13.9. The minimum Gasteiger partial charge on any atom is -0.481 e. The van der Waals surface area contributed by atoms with E-state index < -0.39 is 17.8 Å². The number of alkyl halides is 1. The van der Waals surface area contributed by atoms with Crippen molar-refractivity contribution in [3.8, 4) is 0 Å². The van der Waals surface area contributed by atoms with Crippen LogP contribution in [0.15, 0.2) is 24.3 Å². The van der Waals surface area contributed by atoms with Gasteiger partial charge in [0.05, 0.1) is 12.5 Å². The first-order valence-electron chi connectivity index (χ1n) is 6.34. The fourth-order valence-electron chi connectivity index (χ4n) is 2.51. The van der Waals surface area contributed by atoms with Crippen LogP contribution in [-0.4, -0.2) is 33.8 Å². The molecule has 4 nitrogen and oxygen atoms in total. The minimum absolute atomic E-state index is 0.121. The van der Waals surface area contributed by atoms with E-state index in [-0.39, 0.29) is 23.8 Å². The van der Waals surface area contributed by atoms with E-state index in [1.165, 1.54) is 17.0 Å². The zero-order valence-corrected chi connectivity index (χ0v) is 12.3. The molecular weight excluding hydrogens is 329 g/mol. The van der Waals surface area contributed by atoms with Crippen LogP contribution in [0.4, 0.5) is 4.39 Å². The zero-order chi connectivity index (χ0) is 14.7. The Bertz CT molecular complexity index is 523. The van der Waals surface area contributed by atoms with Gasteiger partial charge in [-0.1, -0.05) is 34.1 Å². The monoisotopic (exact) mass is 343 g/mol. The third kappa shape index (κ3) is 3.17. The van der Waals surface area contributed by atoms with Crippen molar-refractivity contribution in [1.82, 2.24) is 4.90 Å². The van der Waals surface area contributed by atoms with Gasteiger partial charge < -0.3 is 10.0 Å². The Morgan fingerprint density at radius 2 is 2.20 bits per heavy atom. The number of likely N-dealkylation sites (tertiary alicyclic amines) is 1. The number of carbonyl (C=O) groups is 2. The lowest BCUT2D eigenvalue weighted by molar-refractivity contribution is -0.139. The number of nitrogens with zero attached hydrogens (tertiary/aromatic N) is 1. The van der Waals surface area contributed by atoms with Crippen LogP contribution in [0.3, 0.4) is 0 Å². The maximum atomic E-state index is 13.9. The van der Waals surface area contributed by atoms with Gasteiger partial charge in [0.15, 0.2) is 0 Å². The van der Waals surface area contributed by atoms with Gasteiger partial charge in [-0.3, -0.25) is 9.59 Å². The molecule has 0 aromatic heterocycles. The highest BCUT2D eigenvalue weighted by Gasteiger charge is 2.36. The highest BCUT2D eigenvalue weighted by Crippen LogP contribution is 2.33. The Balaban J connectivity index is 2.31. The summed E-state index contributed by atoms with van der Waals surface area (Å²) in [7, 11) is 0. The first-order valence-corrected chi connectivity index (χ1v) is 7.46. The maximum absolute atomic E-state index is 13.9. The topological polar surface area (TPSA) is 57.6 Å². The van der Waals surface area contributed by atoms with Crippen molar-refractivity contribution in [3.63, 3.8) is 0 Å². The molecule has 1 N–H and O–H groups in total. The molecule has 1 fully saturated rings. The van der Waals surface area contributed by atoms with Gasteiger partial charge in [-0.25, -0.2) is 4.39 Å². The summed E-state index contributed by atoms with van der Waals surface area (Å²) in [6.07, 6.45) is 0.0809. The fourth-order valence-corrected chi connectivity index (χ4v) is 2.95. The van der Waals surface area contributed by atoms with Gasteiger partial charge >= 0.3 is 5.97 Å². The number of halogens is 2. The van der Waals surface area contributed by atoms with E-state index in [2.05, 4.69) is 15.9 Å². The molecule has 2 atom stereocenters. The van der Waals surface area contributed by atoms with Crippen molar-refractivity contribution >= 4 is 27.8 Å². The summed E-state index contributed by atoms with van der Waals surface area (Å²) in [5.74, 6) is -1.50. The largest absolute Gasteiger partial charge is 0.481 e. The first kappa shape index (κ1) is 15.0. The predicted molar refractivity (Wildman–Crippen MR) is 75.0 cm³/mol. The van der Waals surface area contributed by atoms with Crippen LogP contribution in [0.1, 0.15) is 24.4 Å². The second-order valence-corrected chi connectivity index (χ2v) is 5.55. The fraction of sp³-hybridized carbons (Fsp3) is 0.429. The van der Waals surface area contributed by atoms with Crippen LogP contribution >= 0.6 is 15.9 Å². The molecule has 1 aliphatic rings. The quantitative estimate of drug-likeness (QED) is 0.836. The lowest BCUT2D eigenvalue weighted by Crippen LogP contribution is -2.32. The molecule has 1 aliphatic heterocycles. The molecular formula is C14H15BrFNO3. The number of carbonyl (C=O) groups excluding carboxylic acids is 1. The van der Waals surface area contributed by atoms with E-state index >= 15 is 0 Å². The van der Waals surface area contributed by atoms with Crippen LogP contribution in [-0.2, 0) is 9.59 Å². The summed E-state index contributed by atoms with van der Waals surface area (Å²) in [6.45, 7) is 0.455. The highest BCUT2D eigenvalue weighted by molar-refractivity contribution is 9.09. The van der Waals surface area contributed by atoms with E-state index in [9.17, 15) is 14.0 Å². The summed E-state index contributed by atoms with van der Waals surface area (Å²) in [5.41, 5.74) is 0.262. The predicted octanol–water partition coefficient (Wildman–Crippen LogP) is 2.58. The second-order valence-electron chi connectivity index (χ2n) is 4.91. The molecule has 6 heteroatoms. The summed E-state index contributed by atoms with van der Waals surface area (Å²) in [5, 5.41) is 9.71. The highest BCUT2D eigenvalue weighted by atomic mass is 79.9. The maximum Gasteiger partial charge on any atom is 0.305 e. The van der Waals surface area contributed by atoms with E-state index in [1.54, 1.807) is 12.1 Å². The lowest BCUT2D eigenvalue weighted by Gasteiger charge is -2.27. The van der Waals surface area contributed by atoms with E-state index in [0.717, 1.165) is 0 Å². The Morgan fingerprint density at radius 3 is 2.75 bits per heavy atom. The number of aliphatic carboxylic acids is 1. The molecule has 108 valence electrons. The van der Waals surface area contributed by atoms with Crippen LogP contribution in [0.2, 0.25) is 0 Å². The average molecular weight is 344 g/mol. The third-order valence-electron chi connectivity index (χ3n) is 3.47. The van der Waals surface area contributed by atoms with Gasteiger partial charge in [-0.15, -0.1) is 0 Å². The van der Waals surface area contributed by atoms with Crippen LogP contribution < -0.4 is 0 Å². The van der Waals surface area contributed by atoms with E-state index in [4.69, 9.17) is 5.11 Å². The number of benzene rings is 1. The zero-order valence-electron chi connectivity index (χ0n) is 10.8. The molecule has 1 aromatic rings. The van der Waals surface area contributed by atoms with Gasteiger partial charge in [0.25, 0.3) is 0 Å². The summed E-state index contributed by atoms with van der Waals surface area (Å²) in [6, 6.07) is 5.27. The second kappa shape index (κ2) is 6.35. The number of hydrogen-bond donors (Lipinski definition) is 1. The van der Waals surface area contributed by atoms with Crippen molar-refractivity contribution in [1.29, 1.82) is 0 Å². The lowest BCUT2D eigenvalue weighted by atomic mass is 10.0. The van der Waals surface area contributed by atoms with Gasteiger partial charge in [0.2, 0.25) is 5.91 Å². The smallest absolute Gasteiger partial charge is 0.305 e. The molecule has 1 aromatic carbocycles. The molecule has 20 heavy (non-hydrogen) atoms. The van der Waals surface area contributed by atoms with Gasteiger partial charge in [0, 0.05) is 23.9 Å². The summed E-state index contributed by atoms with van der Waals surface area (Å²) in [4.78, 5) is 24.6. The third-order valence-corrected chi connectivity index (χ3v) is 4.38. The number of hydrogen-bond acceptors (Lipinski definition) is 2. The molecule has 0 saturated carbocycles. The number of amides is 1. The molecule has 0 bridgehead atoms. The molecule has 0 radical (unpaired) electrons. The number of carboxylic acids is 1. The SMILES string of the molecule is O=C(O)CC(c1ccccc1F)N1CC(CBr)CC1=O. The van der Waals surface area contributed by atoms with Crippen molar-refractivity contribution in [2.75, 3.05) is 11.9 Å². The summed E-state index contributed by atoms with van der Waals surface area (Å²) >= 11 is 3.33. The van der Waals surface area contributed by atoms with Crippen LogP contribution in [0.5, 0.6) is 0 Å². The Labute approximate surface area is 124 Å². The molecule has 0 spiro atoms. The van der Waals surface area contributed by atoms with Crippen molar-refractivity contribution < 1.29 is 19.1 Å². The Morgan fingerprint density at radius 1 is 1.50 bits per heavy atom.